The molecule has 9 heteroatoms. The second-order valence-corrected chi connectivity index (χ2v) is 6.11. The van der Waals surface area contributed by atoms with Crippen LogP contribution in [0.5, 0.6) is 0 Å². The first-order chi connectivity index (χ1) is 8.25. The number of nitrogens with one attached hydrogen (secondary N) is 2. The minimum atomic E-state index is -3.36. The van der Waals surface area contributed by atoms with Crippen LogP contribution in [-0.2, 0) is 14.8 Å². The second-order valence-electron chi connectivity index (χ2n) is 4.06. The Morgan fingerprint density at radius 3 is 2.39 bits per heavy atom. The lowest BCUT2D eigenvalue weighted by atomic mass is 9.94. The van der Waals surface area contributed by atoms with Gasteiger partial charge in [0.15, 0.2) is 5.84 Å². The molecule has 0 aliphatic rings. The van der Waals surface area contributed by atoms with Gasteiger partial charge in [0, 0.05) is 6.54 Å². The van der Waals surface area contributed by atoms with Crippen LogP contribution in [0.25, 0.3) is 0 Å². The zero-order valence-electron chi connectivity index (χ0n) is 10.7. The van der Waals surface area contributed by atoms with Gasteiger partial charge in [-0.05, 0) is 13.0 Å². The van der Waals surface area contributed by atoms with Crippen LogP contribution < -0.4 is 15.8 Å². The molecule has 0 saturated heterocycles. The summed E-state index contributed by atoms with van der Waals surface area (Å²) in [5, 5.41) is 13.8. The van der Waals surface area contributed by atoms with E-state index >= 15 is 0 Å². The first kappa shape index (κ1) is 16.6. The first-order valence-corrected chi connectivity index (χ1v) is 7.06. The molecule has 0 spiro atoms. The number of hydrogen-bond donors (Lipinski definition) is 4. The van der Waals surface area contributed by atoms with E-state index in [4.69, 9.17) is 10.9 Å². The molecule has 106 valence electrons. The summed E-state index contributed by atoms with van der Waals surface area (Å²) < 4.78 is 24.4. The zero-order valence-corrected chi connectivity index (χ0v) is 11.5. The van der Waals surface area contributed by atoms with Crippen LogP contribution in [0.2, 0.25) is 0 Å². The summed E-state index contributed by atoms with van der Waals surface area (Å²) in [6.07, 6.45) is 0. The molecule has 0 aromatic carbocycles. The van der Waals surface area contributed by atoms with Gasteiger partial charge in [0.1, 0.15) is 5.92 Å². The summed E-state index contributed by atoms with van der Waals surface area (Å²) in [5.74, 6) is -1.84. The predicted octanol–water partition coefficient (Wildman–Crippen LogP) is -1.33. The van der Waals surface area contributed by atoms with Gasteiger partial charge < -0.3 is 16.3 Å². The van der Waals surface area contributed by atoms with Crippen LogP contribution in [0.1, 0.15) is 13.8 Å². The fraction of sp³-hybridized carbons (Fsp3) is 0.778. The summed E-state index contributed by atoms with van der Waals surface area (Å²) in [7, 11) is -2.07. The minimum Gasteiger partial charge on any atom is -0.409 e. The fourth-order valence-electron chi connectivity index (χ4n) is 1.36. The number of carbonyl (C=O) groups is 1. The molecular formula is C9H20N4O4S. The van der Waals surface area contributed by atoms with Gasteiger partial charge in [-0.2, -0.15) is 0 Å². The largest absolute Gasteiger partial charge is 0.409 e. The number of rotatable bonds is 7. The van der Waals surface area contributed by atoms with Crippen LogP contribution >= 0.6 is 0 Å². The Labute approximate surface area is 107 Å². The van der Waals surface area contributed by atoms with Crippen LogP contribution in [0.4, 0.5) is 0 Å². The normalized spacial score (nSPS) is 14.6. The minimum absolute atomic E-state index is 0.0378. The van der Waals surface area contributed by atoms with E-state index in [0.29, 0.717) is 0 Å². The van der Waals surface area contributed by atoms with Crippen molar-refractivity contribution in [3.05, 3.63) is 0 Å². The third-order valence-electron chi connectivity index (χ3n) is 2.36. The molecule has 5 N–H and O–H groups in total. The third-order valence-corrected chi connectivity index (χ3v) is 3.73. The number of oxime groups is 1. The summed E-state index contributed by atoms with van der Waals surface area (Å²) >= 11 is 0. The number of hydrogen-bond acceptors (Lipinski definition) is 5. The maximum atomic E-state index is 11.8. The number of carbonyl (C=O) groups excluding carboxylic acids is 1. The van der Waals surface area contributed by atoms with Crippen molar-refractivity contribution in [3.63, 3.8) is 0 Å². The molecule has 0 heterocycles. The first-order valence-electron chi connectivity index (χ1n) is 5.41. The van der Waals surface area contributed by atoms with Gasteiger partial charge in [0.05, 0.1) is 5.75 Å². The van der Waals surface area contributed by atoms with Gasteiger partial charge in [0.2, 0.25) is 15.9 Å². The highest BCUT2D eigenvalue weighted by atomic mass is 32.2. The van der Waals surface area contributed by atoms with Crippen molar-refractivity contribution in [2.24, 2.45) is 22.7 Å². The monoisotopic (exact) mass is 280 g/mol. The number of amides is 1. The molecule has 18 heavy (non-hydrogen) atoms. The molecule has 0 aromatic rings. The molecule has 0 aliphatic carbocycles. The number of nitrogens with zero attached hydrogens (tertiary/aromatic N) is 1. The molecule has 0 rings (SSSR count). The van der Waals surface area contributed by atoms with Crippen molar-refractivity contribution >= 4 is 21.8 Å². The van der Waals surface area contributed by atoms with Crippen molar-refractivity contribution in [2.75, 3.05) is 19.3 Å². The Balaban J connectivity index is 4.47. The lowest BCUT2D eigenvalue weighted by Gasteiger charge is -2.18. The number of amidine groups is 1. The lowest BCUT2D eigenvalue weighted by molar-refractivity contribution is -0.123. The van der Waals surface area contributed by atoms with E-state index < -0.39 is 21.8 Å². The Morgan fingerprint density at radius 1 is 1.44 bits per heavy atom. The SMILES string of the molecule is CNS(=O)(=O)CCNC(=O)C(C(N)=NO)C(C)C. The van der Waals surface area contributed by atoms with E-state index in [1.807, 2.05) is 0 Å². The molecule has 0 radical (unpaired) electrons. The lowest BCUT2D eigenvalue weighted by Crippen LogP contribution is -2.43. The molecule has 1 amide bonds. The molecule has 0 aliphatic heterocycles. The predicted molar refractivity (Wildman–Crippen MR) is 67.6 cm³/mol. The van der Waals surface area contributed by atoms with E-state index in [0.717, 1.165) is 0 Å². The molecular weight excluding hydrogens is 260 g/mol. The van der Waals surface area contributed by atoms with Gasteiger partial charge in [-0.3, -0.25) is 4.79 Å². The molecule has 8 nitrogen and oxygen atoms in total. The second kappa shape index (κ2) is 7.17. The topological polar surface area (TPSA) is 134 Å². The van der Waals surface area contributed by atoms with E-state index in [-0.39, 0.29) is 24.1 Å². The van der Waals surface area contributed by atoms with Crippen molar-refractivity contribution in [2.45, 2.75) is 13.8 Å². The van der Waals surface area contributed by atoms with Crippen molar-refractivity contribution in [3.8, 4) is 0 Å². The highest BCUT2D eigenvalue weighted by Crippen LogP contribution is 2.10. The molecule has 0 fully saturated rings. The third kappa shape index (κ3) is 5.32. The fourth-order valence-corrected chi connectivity index (χ4v) is 1.94. The van der Waals surface area contributed by atoms with Gasteiger partial charge >= 0.3 is 0 Å². The quantitative estimate of drug-likeness (QED) is 0.198. The van der Waals surface area contributed by atoms with Crippen LogP contribution in [0.15, 0.2) is 5.16 Å². The smallest absolute Gasteiger partial charge is 0.231 e. The Hall–Kier alpha value is -1.35. The van der Waals surface area contributed by atoms with Gasteiger partial charge in [-0.1, -0.05) is 19.0 Å². The van der Waals surface area contributed by atoms with Crippen LogP contribution in [0, 0.1) is 11.8 Å². The summed E-state index contributed by atoms with van der Waals surface area (Å²) in [5.41, 5.74) is 5.41. The van der Waals surface area contributed by atoms with E-state index in [1.54, 1.807) is 13.8 Å². The Morgan fingerprint density at radius 2 is 2.00 bits per heavy atom. The molecule has 0 saturated carbocycles. The Bertz CT molecular complexity index is 405. The Kier molecular flexibility index (Phi) is 6.63. The van der Waals surface area contributed by atoms with Crippen molar-refractivity contribution < 1.29 is 18.4 Å². The highest BCUT2D eigenvalue weighted by Gasteiger charge is 2.26. The highest BCUT2D eigenvalue weighted by molar-refractivity contribution is 7.89. The summed E-state index contributed by atoms with van der Waals surface area (Å²) in [6, 6.07) is 0. The standard InChI is InChI=1S/C9H20N4O4S/c1-6(2)7(8(10)13-15)9(14)12-4-5-18(16,17)11-3/h6-7,11,15H,4-5H2,1-3H3,(H2,10,13)(H,12,14). The average Bonchev–Trinajstić information content (AvgIpc) is 2.28. The zero-order chi connectivity index (χ0) is 14.3. The van der Waals surface area contributed by atoms with Crippen molar-refractivity contribution in [1.29, 1.82) is 0 Å². The molecule has 1 unspecified atom stereocenters. The molecule has 0 aromatic heterocycles. The van der Waals surface area contributed by atoms with Gasteiger partial charge in [-0.15, -0.1) is 0 Å². The van der Waals surface area contributed by atoms with E-state index in [2.05, 4.69) is 15.2 Å². The number of nitrogens with two attached hydrogens (primary N) is 1. The maximum absolute atomic E-state index is 11.8. The van der Waals surface area contributed by atoms with E-state index in [1.165, 1.54) is 7.05 Å². The van der Waals surface area contributed by atoms with E-state index in [9.17, 15) is 13.2 Å². The molecule has 0 bridgehead atoms. The maximum Gasteiger partial charge on any atom is 0.231 e. The van der Waals surface area contributed by atoms with Gasteiger partial charge in [0.25, 0.3) is 0 Å². The van der Waals surface area contributed by atoms with Crippen molar-refractivity contribution in [1.82, 2.24) is 10.0 Å². The average molecular weight is 280 g/mol. The van der Waals surface area contributed by atoms with Crippen LogP contribution in [-0.4, -0.2) is 44.7 Å². The summed E-state index contributed by atoms with van der Waals surface area (Å²) in [6.45, 7) is 3.45. The van der Waals surface area contributed by atoms with Crippen LogP contribution in [0.3, 0.4) is 0 Å². The number of sulfonamides is 1. The summed E-state index contributed by atoms with van der Waals surface area (Å²) in [4.78, 5) is 11.8. The van der Waals surface area contributed by atoms with Gasteiger partial charge in [-0.25, -0.2) is 13.1 Å². The molecule has 1 atom stereocenters.